The predicted octanol–water partition coefficient (Wildman–Crippen LogP) is 5.29. The van der Waals surface area contributed by atoms with Crippen LogP contribution in [-0.2, 0) is 12.6 Å². The molecular formula is C16H10F6O. The van der Waals surface area contributed by atoms with Crippen molar-refractivity contribution in [3.8, 4) is 11.1 Å². The highest BCUT2D eigenvalue weighted by atomic mass is 19.4. The number of halogens is 6. The van der Waals surface area contributed by atoms with Crippen LogP contribution in [0, 0.1) is 0 Å². The Morgan fingerprint density at radius 1 is 0.870 bits per heavy atom. The van der Waals surface area contributed by atoms with Gasteiger partial charge in [0.05, 0.1) is 12.0 Å². The minimum Gasteiger partial charge on any atom is -0.298 e. The van der Waals surface area contributed by atoms with E-state index in [4.69, 9.17) is 0 Å². The predicted molar refractivity (Wildman–Crippen MR) is 72.0 cm³/mol. The number of alkyl halides is 6. The van der Waals surface area contributed by atoms with Crippen molar-refractivity contribution in [2.45, 2.75) is 18.8 Å². The molecule has 1 nitrogen and oxygen atoms in total. The van der Waals surface area contributed by atoms with Crippen molar-refractivity contribution >= 4 is 6.29 Å². The number of rotatable bonds is 3. The average Bonchev–Trinajstić information content (AvgIpc) is 2.44. The molecule has 0 radical (unpaired) electrons. The van der Waals surface area contributed by atoms with Gasteiger partial charge in [-0.3, -0.25) is 4.79 Å². The second-order valence-corrected chi connectivity index (χ2v) is 4.90. The van der Waals surface area contributed by atoms with E-state index in [-0.39, 0.29) is 22.3 Å². The van der Waals surface area contributed by atoms with Crippen LogP contribution in [0.5, 0.6) is 0 Å². The number of hydrogen-bond acceptors (Lipinski definition) is 1. The molecule has 0 aliphatic carbocycles. The fourth-order valence-corrected chi connectivity index (χ4v) is 2.17. The van der Waals surface area contributed by atoms with Crippen molar-refractivity contribution in [2.24, 2.45) is 0 Å². The van der Waals surface area contributed by atoms with Gasteiger partial charge in [0.15, 0.2) is 0 Å². The summed E-state index contributed by atoms with van der Waals surface area (Å²) in [6.07, 6.45) is -9.88. The molecule has 0 heterocycles. The lowest BCUT2D eigenvalue weighted by Crippen LogP contribution is -2.12. The van der Waals surface area contributed by atoms with Crippen molar-refractivity contribution in [3.63, 3.8) is 0 Å². The fraction of sp³-hybridized carbons (Fsp3) is 0.188. The maximum absolute atomic E-state index is 12.7. The van der Waals surface area contributed by atoms with E-state index in [1.807, 2.05) is 0 Å². The van der Waals surface area contributed by atoms with Gasteiger partial charge < -0.3 is 0 Å². The van der Waals surface area contributed by atoms with Crippen molar-refractivity contribution in [1.82, 2.24) is 0 Å². The topological polar surface area (TPSA) is 17.1 Å². The van der Waals surface area contributed by atoms with Crippen LogP contribution in [0.4, 0.5) is 26.3 Å². The molecular weight excluding hydrogens is 322 g/mol. The lowest BCUT2D eigenvalue weighted by molar-refractivity contribution is -0.137. The Kier molecular flexibility index (Phi) is 4.49. The molecule has 0 saturated heterocycles. The van der Waals surface area contributed by atoms with Gasteiger partial charge >= 0.3 is 12.4 Å². The van der Waals surface area contributed by atoms with Crippen molar-refractivity contribution in [2.75, 3.05) is 0 Å². The summed E-state index contributed by atoms with van der Waals surface area (Å²) in [6.45, 7) is 0. The van der Waals surface area contributed by atoms with Crippen LogP contribution in [0.2, 0.25) is 0 Å². The quantitative estimate of drug-likeness (QED) is 0.551. The van der Waals surface area contributed by atoms with Gasteiger partial charge in [-0.1, -0.05) is 24.3 Å². The van der Waals surface area contributed by atoms with Gasteiger partial charge in [0.25, 0.3) is 0 Å². The lowest BCUT2D eigenvalue weighted by atomic mass is 9.95. The first kappa shape index (κ1) is 17.1. The van der Waals surface area contributed by atoms with E-state index < -0.39 is 24.3 Å². The van der Waals surface area contributed by atoms with Gasteiger partial charge in [-0.05, 0) is 34.9 Å². The first-order valence-electron chi connectivity index (χ1n) is 6.42. The molecule has 0 unspecified atom stereocenters. The van der Waals surface area contributed by atoms with E-state index in [9.17, 15) is 31.1 Å². The molecule has 0 bridgehead atoms. The molecule has 0 N–H and O–H groups in total. The Balaban J connectivity index is 2.47. The maximum atomic E-state index is 12.7. The Labute approximate surface area is 127 Å². The zero-order chi connectivity index (χ0) is 17.3. The van der Waals surface area contributed by atoms with E-state index in [0.29, 0.717) is 6.29 Å². The highest BCUT2D eigenvalue weighted by Crippen LogP contribution is 2.33. The van der Waals surface area contributed by atoms with E-state index >= 15 is 0 Å². The molecule has 23 heavy (non-hydrogen) atoms. The van der Waals surface area contributed by atoms with Crippen LogP contribution in [0.1, 0.15) is 21.5 Å². The molecule has 0 fully saturated rings. The summed E-state index contributed by atoms with van der Waals surface area (Å²) in [4.78, 5) is 10.7. The molecule has 0 spiro atoms. The van der Waals surface area contributed by atoms with Gasteiger partial charge in [-0.2, -0.15) is 26.3 Å². The molecule has 7 heteroatoms. The maximum Gasteiger partial charge on any atom is 0.416 e. The fourth-order valence-electron chi connectivity index (χ4n) is 2.17. The van der Waals surface area contributed by atoms with Gasteiger partial charge in [0, 0.05) is 5.56 Å². The summed E-state index contributed by atoms with van der Waals surface area (Å²) < 4.78 is 75.6. The molecule has 2 aromatic rings. The molecule has 0 aliphatic rings. The number of hydrogen-bond donors (Lipinski definition) is 0. The van der Waals surface area contributed by atoms with Crippen LogP contribution in [-0.4, -0.2) is 12.5 Å². The van der Waals surface area contributed by atoms with Gasteiger partial charge in [-0.15, -0.1) is 0 Å². The summed E-state index contributed by atoms with van der Waals surface area (Å²) in [5.41, 5.74) is -0.624. The van der Waals surface area contributed by atoms with Crippen LogP contribution in [0.25, 0.3) is 11.1 Å². The average molecular weight is 332 g/mol. The normalized spacial score (nSPS) is 12.3. The molecule has 2 aromatic carbocycles. The highest BCUT2D eigenvalue weighted by molar-refractivity contribution is 5.78. The number of benzene rings is 2. The van der Waals surface area contributed by atoms with Gasteiger partial charge in [0.2, 0.25) is 0 Å². The van der Waals surface area contributed by atoms with Crippen LogP contribution in [0.3, 0.4) is 0 Å². The molecule has 0 saturated carbocycles. The van der Waals surface area contributed by atoms with Crippen molar-refractivity contribution < 1.29 is 31.1 Å². The Morgan fingerprint density at radius 3 is 1.96 bits per heavy atom. The summed E-state index contributed by atoms with van der Waals surface area (Å²) in [5, 5.41) is 0. The number of carbonyl (C=O) groups is 1. The summed E-state index contributed by atoms with van der Waals surface area (Å²) in [6, 6.07) is 7.54. The summed E-state index contributed by atoms with van der Waals surface area (Å²) >= 11 is 0. The second-order valence-electron chi connectivity index (χ2n) is 4.90. The first-order chi connectivity index (χ1) is 10.6. The smallest absolute Gasteiger partial charge is 0.298 e. The zero-order valence-corrected chi connectivity index (χ0v) is 11.5. The summed E-state index contributed by atoms with van der Waals surface area (Å²) in [5.74, 6) is 0. The number of carbonyl (C=O) groups excluding carboxylic acids is 1. The zero-order valence-electron chi connectivity index (χ0n) is 11.5. The number of aldehydes is 1. The monoisotopic (exact) mass is 332 g/mol. The van der Waals surface area contributed by atoms with Gasteiger partial charge in [0.1, 0.15) is 6.29 Å². The third-order valence-electron chi connectivity index (χ3n) is 3.18. The Bertz CT molecular complexity index is 698. The van der Waals surface area contributed by atoms with Crippen molar-refractivity contribution in [3.05, 3.63) is 59.2 Å². The third kappa shape index (κ3) is 4.34. The molecule has 0 aromatic heterocycles. The van der Waals surface area contributed by atoms with E-state index in [2.05, 4.69) is 0 Å². The van der Waals surface area contributed by atoms with E-state index in [1.54, 1.807) is 0 Å². The van der Waals surface area contributed by atoms with Crippen molar-refractivity contribution in [1.29, 1.82) is 0 Å². The van der Waals surface area contributed by atoms with Gasteiger partial charge in [-0.25, -0.2) is 0 Å². The third-order valence-corrected chi connectivity index (χ3v) is 3.18. The molecule has 0 amide bonds. The van der Waals surface area contributed by atoms with E-state index in [1.165, 1.54) is 12.1 Å². The SMILES string of the molecule is O=Cc1ccc(-c2ccc(C(F)(F)F)cc2)c(CC(F)(F)F)c1. The second kappa shape index (κ2) is 6.06. The minimum atomic E-state index is -4.52. The Hall–Kier alpha value is -2.31. The van der Waals surface area contributed by atoms with Crippen LogP contribution < -0.4 is 0 Å². The Morgan fingerprint density at radius 2 is 1.48 bits per heavy atom. The molecule has 0 atom stereocenters. The van der Waals surface area contributed by atoms with Crippen LogP contribution >= 0.6 is 0 Å². The molecule has 122 valence electrons. The standard InChI is InChI=1S/C16H10F6O/c17-15(18,19)8-12-7-10(9-23)1-6-14(12)11-2-4-13(5-3-11)16(20,21)22/h1-7,9H,8H2. The van der Waals surface area contributed by atoms with Crippen LogP contribution in [0.15, 0.2) is 42.5 Å². The summed E-state index contributed by atoms with van der Waals surface area (Å²) in [7, 11) is 0. The van der Waals surface area contributed by atoms with E-state index in [0.717, 1.165) is 30.3 Å². The largest absolute Gasteiger partial charge is 0.416 e. The first-order valence-corrected chi connectivity index (χ1v) is 6.42. The minimum absolute atomic E-state index is 0.0694. The molecule has 2 rings (SSSR count). The lowest BCUT2D eigenvalue weighted by Gasteiger charge is -2.14. The molecule has 0 aliphatic heterocycles. The highest BCUT2D eigenvalue weighted by Gasteiger charge is 2.31.